The van der Waals surface area contributed by atoms with Crippen LogP contribution in [0.2, 0.25) is 0 Å². The van der Waals surface area contributed by atoms with Crippen molar-refractivity contribution < 1.29 is 22.8 Å². The number of hydrogen-bond acceptors (Lipinski definition) is 5. The molecule has 0 unspecified atom stereocenters. The van der Waals surface area contributed by atoms with E-state index in [1.165, 1.54) is 0 Å². The van der Waals surface area contributed by atoms with Gasteiger partial charge in [0.2, 0.25) is 0 Å². The monoisotopic (exact) mass is 207 g/mol. The quantitative estimate of drug-likeness (QED) is 0.456. The molecule has 0 aromatic carbocycles. The van der Waals surface area contributed by atoms with Crippen LogP contribution < -0.4 is 0 Å². The number of nitrogens with zero attached hydrogens (tertiary/aromatic N) is 1. The smallest absolute Gasteiger partial charge is 0.253 e. The van der Waals surface area contributed by atoms with Gasteiger partial charge in [0.15, 0.2) is 0 Å². The van der Waals surface area contributed by atoms with Crippen LogP contribution in [0.3, 0.4) is 0 Å². The van der Waals surface area contributed by atoms with E-state index in [2.05, 4.69) is 4.84 Å². The topological polar surface area (TPSA) is 80.8 Å². The molecular weight excluding hydrogens is 198 g/mol. The zero-order chi connectivity index (χ0) is 9.84. The van der Waals surface area contributed by atoms with Crippen LogP contribution in [0.1, 0.15) is 12.8 Å². The summed E-state index contributed by atoms with van der Waals surface area (Å²) in [5, 5.41) is 0.638. The summed E-state index contributed by atoms with van der Waals surface area (Å²) in [7, 11) is -2.52. The fourth-order valence-corrected chi connectivity index (χ4v) is 1.14. The van der Waals surface area contributed by atoms with E-state index in [9.17, 15) is 18.0 Å². The molecule has 0 aromatic rings. The Labute approximate surface area is 76.4 Å². The molecule has 1 saturated heterocycles. The summed E-state index contributed by atoms with van der Waals surface area (Å²) in [5.41, 5.74) is 0. The Morgan fingerprint density at radius 2 is 1.77 bits per heavy atom. The first kappa shape index (κ1) is 10.1. The van der Waals surface area contributed by atoms with Crippen LogP contribution in [0.5, 0.6) is 0 Å². The standard InChI is InChI=1S/C6H9NO5S/c8-5-1-2-6(9)7(5)12-3-4-13(10)11/h13H,1-4H2. The molecule has 0 aliphatic carbocycles. The summed E-state index contributed by atoms with van der Waals surface area (Å²) in [5.74, 6) is -1.01. The Kier molecular flexibility index (Phi) is 3.38. The number of hydroxylamine groups is 2. The van der Waals surface area contributed by atoms with Crippen LogP contribution in [0.15, 0.2) is 0 Å². The van der Waals surface area contributed by atoms with Crippen LogP contribution in [0.4, 0.5) is 0 Å². The molecule has 2 amide bonds. The molecule has 1 heterocycles. The molecule has 0 aromatic heterocycles. The Hall–Kier alpha value is -0.950. The van der Waals surface area contributed by atoms with E-state index in [-0.39, 0.29) is 25.2 Å². The fourth-order valence-electron chi connectivity index (χ4n) is 0.907. The van der Waals surface area contributed by atoms with Crippen LogP contribution in [0.25, 0.3) is 0 Å². The average Bonchev–Trinajstić information content (AvgIpc) is 2.34. The van der Waals surface area contributed by atoms with Crippen molar-refractivity contribution >= 4 is 22.5 Å². The zero-order valence-corrected chi connectivity index (χ0v) is 7.66. The lowest BCUT2D eigenvalue weighted by Crippen LogP contribution is -2.30. The number of carbonyl (C=O) groups excluding carboxylic acids is 2. The molecule has 13 heavy (non-hydrogen) atoms. The Morgan fingerprint density at radius 3 is 2.23 bits per heavy atom. The summed E-state index contributed by atoms with van der Waals surface area (Å²) in [6, 6.07) is 0. The van der Waals surface area contributed by atoms with Gasteiger partial charge in [0.1, 0.15) is 10.7 Å². The number of amides is 2. The summed E-state index contributed by atoms with van der Waals surface area (Å²) < 4.78 is 20.2. The van der Waals surface area contributed by atoms with E-state index >= 15 is 0 Å². The van der Waals surface area contributed by atoms with Gasteiger partial charge in [0, 0.05) is 12.8 Å². The number of rotatable bonds is 4. The highest BCUT2D eigenvalue weighted by Gasteiger charge is 2.29. The minimum absolute atomic E-state index is 0.141. The Bertz CT molecular complexity index is 273. The highest BCUT2D eigenvalue weighted by molar-refractivity contribution is 7.72. The molecule has 7 heteroatoms. The normalized spacial score (nSPS) is 17.5. The maximum atomic E-state index is 10.9. The average molecular weight is 207 g/mol. The van der Waals surface area contributed by atoms with Gasteiger partial charge in [-0.2, -0.15) is 5.06 Å². The number of carbonyl (C=O) groups is 2. The second-order valence-corrected chi connectivity index (χ2v) is 3.58. The minimum Gasteiger partial charge on any atom is -0.272 e. The molecule has 0 spiro atoms. The fraction of sp³-hybridized carbons (Fsp3) is 0.667. The first-order chi connectivity index (χ1) is 6.11. The van der Waals surface area contributed by atoms with Crippen LogP contribution in [-0.4, -0.2) is 37.7 Å². The van der Waals surface area contributed by atoms with Gasteiger partial charge in [0.05, 0.1) is 12.4 Å². The Morgan fingerprint density at radius 1 is 1.23 bits per heavy atom. The number of hydrogen-bond donors (Lipinski definition) is 1. The van der Waals surface area contributed by atoms with E-state index in [1.807, 2.05) is 0 Å². The maximum Gasteiger partial charge on any atom is 0.253 e. The van der Waals surface area contributed by atoms with Crippen molar-refractivity contribution in [2.24, 2.45) is 0 Å². The molecule has 0 N–H and O–H groups in total. The Balaban J connectivity index is 2.35. The molecule has 1 fully saturated rings. The van der Waals surface area contributed by atoms with Crippen molar-refractivity contribution in [2.45, 2.75) is 12.8 Å². The number of thiol groups is 1. The van der Waals surface area contributed by atoms with Crippen LogP contribution >= 0.6 is 0 Å². The first-order valence-electron chi connectivity index (χ1n) is 3.72. The molecular formula is C6H9NO5S. The minimum atomic E-state index is -2.52. The summed E-state index contributed by atoms with van der Waals surface area (Å²) in [6.07, 6.45) is 0.282. The zero-order valence-electron chi connectivity index (χ0n) is 6.76. The third-order valence-corrected chi connectivity index (χ3v) is 2.05. The van der Waals surface area contributed by atoms with Crippen molar-refractivity contribution in [3.63, 3.8) is 0 Å². The molecule has 1 aliphatic rings. The molecule has 0 bridgehead atoms. The van der Waals surface area contributed by atoms with Crippen molar-refractivity contribution in [1.82, 2.24) is 5.06 Å². The SMILES string of the molecule is O=C1CCC(=O)N1OCC[SH](=O)=O. The van der Waals surface area contributed by atoms with E-state index in [0.29, 0.717) is 5.06 Å². The van der Waals surface area contributed by atoms with Gasteiger partial charge in [-0.15, -0.1) is 0 Å². The molecule has 1 aliphatic heterocycles. The summed E-state index contributed by atoms with van der Waals surface area (Å²) in [6.45, 7) is -0.157. The van der Waals surface area contributed by atoms with Crippen molar-refractivity contribution in [1.29, 1.82) is 0 Å². The molecule has 74 valence electrons. The van der Waals surface area contributed by atoms with Crippen molar-refractivity contribution in [3.8, 4) is 0 Å². The van der Waals surface area contributed by atoms with Gasteiger partial charge >= 0.3 is 0 Å². The second kappa shape index (κ2) is 4.33. The lowest BCUT2D eigenvalue weighted by Gasteiger charge is -2.11. The van der Waals surface area contributed by atoms with E-state index in [4.69, 9.17) is 0 Å². The van der Waals surface area contributed by atoms with Crippen LogP contribution in [0, 0.1) is 0 Å². The summed E-state index contributed by atoms with van der Waals surface area (Å²) >= 11 is 0. The predicted octanol–water partition coefficient (Wildman–Crippen LogP) is -1.32. The highest BCUT2D eigenvalue weighted by Crippen LogP contribution is 2.11. The van der Waals surface area contributed by atoms with Gasteiger partial charge in [0.25, 0.3) is 11.8 Å². The third-order valence-electron chi connectivity index (χ3n) is 1.50. The van der Waals surface area contributed by atoms with E-state index < -0.39 is 22.5 Å². The number of imide groups is 1. The first-order valence-corrected chi connectivity index (χ1v) is 5.08. The van der Waals surface area contributed by atoms with Gasteiger partial charge in [-0.1, -0.05) is 0 Å². The van der Waals surface area contributed by atoms with E-state index in [0.717, 1.165) is 0 Å². The van der Waals surface area contributed by atoms with Gasteiger partial charge in [-0.3, -0.25) is 14.4 Å². The molecule has 1 rings (SSSR count). The second-order valence-electron chi connectivity index (χ2n) is 2.47. The van der Waals surface area contributed by atoms with Crippen LogP contribution in [-0.2, 0) is 25.1 Å². The maximum absolute atomic E-state index is 10.9. The van der Waals surface area contributed by atoms with Gasteiger partial charge in [-0.05, 0) is 0 Å². The predicted molar refractivity (Wildman–Crippen MR) is 42.2 cm³/mol. The van der Waals surface area contributed by atoms with Crippen molar-refractivity contribution in [2.75, 3.05) is 12.4 Å². The molecule has 6 nitrogen and oxygen atoms in total. The van der Waals surface area contributed by atoms with Crippen molar-refractivity contribution in [3.05, 3.63) is 0 Å². The third kappa shape index (κ3) is 2.78. The molecule has 0 saturated carbocycles. The van der Waals surface area contributed by atoms with Gasteiger partial charge < -0.3 is 0 Å². The summed E-state index contributed by atoms with van der Waals surface area (Å²) in [4.78, 5) is 26.5. The van der Waals surface area contributed by atoms with E-state index in [1.54, 1.807) is 0 Å². The molecule has 0 radical (unpaired) electrons. The lowest BCUT2D eigenvalue weighted by atomic mass is 10.4. The highest BCUT2D eigenvalue weighted by atomic mass is 32.2. The largest absolute Gasteiger partial charge is 0.272 e. The lowest BCUT2D eigenvalue weighted by molar-refractivity contribution is -0.185. The van der Waals surface area contributed by atoms with Gasteiger partial charge in [-0.25, -0.2) is 8.42 Å². The molecule has 0 atom stereocenters.